The van der Waals surface area contributed by atoms with E-state index in [-0.39, 0.29) is 17.2 Å². The Hall–Kier alpha value is -2.96. The monoisotopic (exact) mass is 283 g/mol. The summed E-state index contributed by atoms with van der Waals surface area (Å²) in [7, 11) is 1.50. The Bertz CT molecular complexity index is 865. The first-order valence-electron chi connectivity index (χ1n) is 6.39. The number of aromatic nitrogens is 4. The van der Waals surface area contributed by atoms with E-state index in [9.17, 15) is 9.59 Å². The third kappa shape index (κ3) is 2.53. The summed E-state index contributed by atoms with van der Waals surface area (Å²) >= 11 is 0. The van der Waals surface area contributed by atoms with Crippen LogP contribution in [0.15, 0.2) is 47.5 Å². The number of fused-ring (bicyclic) bond motifs is 1. The Morgan fingerprint density at radius 2 is 2.14 bits per heavy atom. The molecule has 106 valence electrons. The van der Waals surface area contributed by atoms with E-state index in [2.05, 4.69) is 15.5 Å². The molecule has 7 heteroatoms. The third-order valence-electron chi connectivity index (χ3n) is 3.14. The van der Waals surface area contributed by atoms with Gasteiger partial charge in [0.25, 0.3) is 11.5 Å². The molecule has 0 unspecified atom stereocenters. The van der Waals surface area contributed by atoms with Gasteiger partial charge in [-0.15, -0.1) is 0 Å². The van der Waals surface area contributed by atoms with Crippen molar-refractivity contribution in [2.45, 2.75) is 6.54 Å². The zero-order valence-electron chi connectivity index (χ0n) is 11.4. The van der Waals surface area contributed by atoms with Crippen LogP contribution in [0.5, 0.6) is 0 Å². The molecule has 0 aliphatic rings. The van der Waals surface area contributed by atoms with Gasteiger partial charge in [0.05, 0.1) is 11.7 Å². The maximum atomic E-state index is 12.0. The normalized spacial score (nSPS) is 10.7. The van der Waals surface area contributed by atoms with E-state index in [1.54, 1.807) is 10.7 Å². The molecule has 3 rings (SSSR count). The van der Waals surface area contributed by atoms with E-state index in [0.717, 1.165) is 15.8 Å². The first-order chi connectivity index (χ1) is 10.1. The van der Waals surface area contributed by atoms with Crippen LogP contribution in [-0.2, 0) is 13.6 Å². The molecule has 0 aromatic carbocycles. The first-order valence-corrected chi connectivity index (χ1v) is 6.39. The fourth-order valence-corrected chi connectivity index (χ4v) is 2.01. The van der Waals surface area contributed by atoms with Gasteiger partial charge < -0.3 is 5.32 Å². The first kappa shape index (κ1) is 13.0. The SMILES string of the molecule is Cn1nc(C(=O)NCc2cnn3ccccc23)ccc1=O. The Morgan fingerprint density at radius 1 is 1.29 bits per heavy atom. The molecule has 0 aliphatic heterocycles. The molecule has 21 heavy (non-hydrogen) atoms. The second-order valence-electron chi connectivity index (χ2n) is 4.56. The van der Waals surface area contributed by atoms with Crippen molar-refractivity contribution in [3.63, 3.8) is 0 Å². The van der Waals surface area contributed by atoms with Gasteiger partial charge in [-0.2, -0.15) is 10.2 Å². The molecular weight excluding hydrogens is 270 g/mol. The molecule has 3 aromatic rings. The van der Waals surface area contributed by atoms with Crippen molar-refractivity contribution in [3.05, 3.63) is 64.3 Å². The zero-order valence-corrected chi connectivity index (χ0v) is 11.4. The average molecular weight is 283 g/mol. The summed E-state index contributed by atoms with van der Waals surface area (Å²) < 4.78 is 2.87. The number of nitrogens with one attached hydrogen (secondary N) is 1. The molecule has 7 nitrogen and oxygen atoms in total. The summed E-state index contributed by atoms with van der Waals surface area (Å²) in [5.41, 5.74) is 1.79. The highest BCUT2D eigenvalue weighted by Crippen LogP contribution is 2.09. The highest BCUT2D eigenvalue weighted by Gasteiger charge is 2.10. The minimum absolute atomic E-state index is 0.202. The molecule has 0 radical (unpaired) electrons. The molecule has 0 fully saturated rings. The van der Waals surface area contributed by atoms with Gasteiger partial charge in [0.15, 0.2) is 0 Å². The molecule has 0 saturated carbocycles. The Balaban J connectivity index is 1.76. The lowest BCUT2D eigenvalue weighted by atomic mass is 10.2. The molecule has 3 aromatic heterocycles. The van der Waals surface area contributed by atoms with Gasteiger partial charge in [-0.3, -0.25) is 9.59 Å². The fraction of sp³-hybridized carbons (Fsp3) is 0.143. The number of aryl methyl sites for hydroxylation is 1. The molecule has 1 N–H and O–H groups in total. The summed E-state index contributed by atoms with van der Waals surface area (Å²) in [6.45, 7) is 0.344. The van der Waals surface area contributed by atoms with Crippen molar-refractivity contribution >= 4 is 11.4 Å². The Labute approximate surface area is 119 Å². The minimum Gasteiger partial charge on any atom is -0.346 e. The number of nitrogens with zero attached hydrogens (tertiary/aromatic N) is 4. The smallest absolute Gasteiger partial charge is 0.271 e. The summed E-state index contributed by atoms with van der Waals surface area (Å²) in [6, 6.07) is 8.46. The van der Waals surface area contributed by atoms with Crippen LogP contribution >= 0.6 is 0 Å². The van der Waals surface area contributed by atoms with Crippen LogP contribution in [0.25, 0.3) is 5.52 Å². The van der Waals surface area contributed by atoms with Crippen LogP contribution in [0.2, 0.25) is 0 Å². The quantitative estimate of drug-likeness (QED) is 0.752. The summed E-state index contributed by atoms with van der Waals surface area (Å²) in [5, 5.41) is 10.9. The van der Waals surface area contributed by atoms with Crippen LogP contribution in [-0.4, -0.2) is 25.3 Å². The van der Waals surface area contributed by atoms with Gasteiger partial charge in [0, 0.05) is 31.4 Å². The van der Waals surface area contributed by atoms with Gasteiger partial charge in [-0.05, 0) is 18.2 Å². The van der Waals surface area contributed by atoms with Gasteiger partial charge >= 0.3 is 0 Å². The van der Waals surface area contributed by atoms with E-state index < -0.39 is 0 Å². The number of rotatable bonds is 3. The predicted octanol–water partition coefficient (Wildman–Crippen LogP) is 0.358. The average Bonchev–Trinajstić information content (AvgIpc) is 2.91. The van der Waals surface area contributed by atoms with Crippen molar-refractivity contribution in [3.8, 4) is 0 Å². The second-order valence-corrected chi connectivity index (χ2v) is 4.56. The second kappa shape index (κ2) is 5.20. The van der Waals surface area contributed by atoms with Gasteiger partial charge in [-0.25, -0.2) is 9.20 Å². The Morgan fingerprint density at radius 3 is 2.95 bits per heavy atom. The summed E-state index contributed by atoms with van der Waals surface area (Å²) in [5.74, 6) is -0.333. The van der Waals surface area contributed by atoms with Crippen molar-refractivity contribution in [1.82, 2.24) is 24.7 Å². The number of hydrogen-bond acceptors (Lipinski definition) is 4. The number of hydrogen-bond donors (Lipinski definition) is 1. The minimum atomic E-state index is -0.333. The number of carbonyl (C=O) groups excluding carboxylic acids is 1. The topological polar surface area (TPSA) is 81.3 Å². The number of pyridine rings is 1. The molecular formula is C14H13N5O2. The van der Waals surface area contributed by atoms with Crippen molar-refractivity contribution in [2.24, 2.45) is 7.05 Å². The van der Waals surface area contributed by atoms with E-state index in [0.29, 0.717) is 6.54 Å². The van der Waals surface area contributed by atoms with Crippen LogP contribution in [0.4, 0.5) is 0 Å². The van der Waals surface area contributed by atoms with Crippen LogP contribution in [0.3, 0.4) is 0 Å². The molecule has 0 bridgehead atoms. The number of amides is 1. The van der Waals surface area contributed by atoms with E-state index in [1.807, 2.05) is 24.4 Å². The molecule has 0 aliphatic carbocycles. The number of carbonyl (C=O) groups is 1. The summed E-state index contributed by atoms with van der Waals surface area (Å²) in [4.78, 5) is 23.3. The standard InChI is InChI=1S/C14H13N5O2/c1-18-13(20)6-5-11(17-18)14(21)15-8-10-9-16-19-7-3-2-4-12(10)19/h2-7,9H,8H2,1H3,(H,15,21). The molecule has 0 atom stereocenters. The van der Waals surface area contributed by atoms with Crippen molar-refractivity contribution in [1.29, 1.82) is 0 Å². The zero-order chi connectivity index (χ0) is 14.8. The lowest BCUT2D eigenvalue weighted by Gasteiger charge is -2.04. The molecule has 1 amide bonds. The summed E-state index contributed by atoms with van der Waals surface area (Å²) in [6.07, 6.45) is 3.55. The van der Waals surface area contributed by atoms with Gasteiger partial charge in [-0.1, -0.05) is 6.07 Å². The fourth-order valence-electron chi connectivity index (χ4n) is 2.01. The maximum absolute atomic E-state index is 12.0. The lowest BCUT2D eigenvalue weighted by molar-refractivity contribution is 0.0944. The van der Waals surface area contributed by atoms with Crippen LogP contribution in [0.1, 0.15) is 16.1 Å². The third-order valence-corrected chi connectivity index (χ3v) is 3.14. The van der Waals surface area contributed by atoms with Crippen LogP contribution < -0.4 is 10.9 Å². The van der Waals surface area contributed by atoms with Gasteiger partial charge in [0.1, 0.15) is 5.69 Å². The van der Waals surface area contributed by atoms with E-state index in [1.165, 1.54) is 19.2 Å². The van der Waals surface area contributed by atoms with Gasteiger partial charge in [0.2, 0.25) is 0 Å². The highest BCUT2D eigenvalue weighted by molar-refractivity contribution is 5.92. The molecule has 3 heterocycles. The Kier molecular flexibility index (Phi) is 3.23. The maximum Gasteiger partial charge on any atom is 0.271 e. The predicted molar refractivity (Wildman–Crippen MR) is 75.8 cm³/mol. The van der Waals surface area contributed by atoms with E-state index in [4.69, 9.17) is 0 Å². The largest absolute Gasteiger partial charge is 0.346 e. The molecule has 0 spiro atoms. The van der Waals surface area contributed by atoms with E-state index >= 15 is 0 Å². The van der Waals surface area contributed by atoms with Crippen molar-refractivity contribution in [2.75, 3.05) is 0 Å². The molecule has 0 saturated heterocycles. The van der Waals surface area contributed by atoms with Crippen molar-refractivity contribution < 1.29 is 4.79 Å². The lowest BCUT2D eigenvalue weighted by Crippen LogP contribution is -2.28. The van der Waals surface area contributed by atoms with Crippen LogP contribution in [0, 0.1) is 0 Å². The highest BCUT2D eigenvalue weighted by atomic mass is 16.2.